The standard InChI is InChI=1S/C21H17F3N2O2S2/c1-13-6-2-3-7-14(13)12-17-19(28)26(20(29)30-17)11-10-18(27)25-16-9-5-4-8-15(16)21(22,23)24/h2-9,12H,10-11H2,1H3,(H,25,27)/b17-12-. The van der Waals surface area contributed by atoms with Crippen LogP contribution in [0.15, 0.2) is 53.4 Å². The number of nitrogens with zero attached hydrogens (tertiary/aromatic N) is 1. The summed E-state index contributed by atoms with van der Waals surface area (Å²) in [5, 5.41) is 2.27. The Kier molecular flexibility index (Phi) is 6.62. The minimum atomic E-state index is -4.58. The van der Waals surface area contributed by atoms with E-state index in [1.165, 1.54) is 23.1 Å². The Morgan fingerprint density at radius 2 is 1.83 bits per heavy atom. The Hall–Kier alpha value is -2.65. The molecular formula is C21H17F3N2O2S2. The molecule has 1 aliphatic rings. The molecule has 156 valence electrons. The third-order valence-corrected chi connectivity index (χ3v) is 5.80. The second-order valence-corrected chi connectivity index (χ2v) is 8.21. The summed E-state index contributed by atoms with van der Waals surface area (Å²) in [5.74, 6) is -0.958. The summed E-state index contributed by atoms with van der Waals surface area (Å²) in [6.45, 7) is 1.91. The SMILES string of the molecule is Cc1ccccc1/C=C1\SC(=S)N(CCC(=O)Nc2ccccc2C(F)(F)F)C1=O. The van der Waals surface area contributed by atoms with E-state index in [-0.39, 0.29) is 24.6 Å². The van der Waals surface area contributed by atoms with Gasteiger partial charge in [-0.15, -0.1) is 0 Å². The van der Waals surface area contributed by atoms with Gasteiger partial charge in [0.15, 0.2) is 0 Å². The molecule has 0 atom stereocenters. The molecule has 0 saturated carbocycles. The molecule has 1 saturated heterocycles. The number of hydrogen-bond acceptors (Lipinski definition) is 4. The molecule has 4 nitrogen and oxygen atoms in total. The molecule has 0 aliphatic carbocycles. The van der Waals surface area contributed by atoms with Crippen molar-refractivity contribution in [1.29, 1.82) is 0 Å². The van der Waals surface area contributed by atoms with E-state index in [0.717, 1.165) is 29.0 Å². The van der Waals surface area contributed by atoms with E-state index in [4.69, 9.17) is 12.2 Å². The lowest BCUT2D eigenvalue weighted by molar-refractivity contribution is -0.137. The molecule has 1 heterocycles. The van der Waals surface area contributed by atoms with Gasteiger partial charge in [-0.25, -0.2) is 0 Å². The summed E-state index contributed by atoms with van der Waals surface area (Å²) in [6.07, 6.45) is -3.02. The molecule has 2 amide bonds. The van der Waals surface area contributed by atoms with Gasteiger partial charge in [0, 0.05) is 13.0 Å². The van der Waals surface area contributed by atoms with Gasteiger partial charge in [0.1, 0.15) is 4.32 Å². The first-order chi connectivity index (χ1) is 14.2. The van der Waals surface area contributed by atoms with Crippen molar-refractivity contribution < 1.29 is 22.8 Å². The van der Waals surface area contributed by atoms with Crippen LogP contribution in [0.5, 0.6) is 0 Å². The lowest BCUT2D eigenvalue weighted by Crippen LogP contribution is -2.31. The number of benzene rings is 2. The number of para-hydroxylation sites is 1. The number of anilines is 1. The van der Waals surface area contributed by atoms with E-state index >= 15 is 0 Å². The summed E-state index contributed by atoms with van der Waals surface area (Å²) in [5.41, 5.74) is 0.648. The maximum Gasteiger partial charge on any atom is 0.418 e. The quantitative estimate of drug-likeness (QED) is 0.500. The zero-order valence-corrected chi connectivity index (χ0v) is 17.5. The molecule has 0 unspecified atom stereocenters. The van der Waals surface area contributed by atoms with Crippen molar-refractivity contribution in [3.05, 3.63) is 70.1 Å². The van der Waals surface area contributed by atoms with Gasteiger partial charge in [0.25, 0.3) is 5.91 Å². The molecule has 3 rings (SSSR count). The number of aryl methyl sites for hydroxylation is 1. The monoisotopic (exact) mass is 450 g/mol. The minimum Gasteiger partial charge on any atom is -0.325 e. The Morgan fingerprint density at radius 3 is 2.53 bits per heavy atom. The van der Waals surface area contributed by atoms with Crippen LogP contribution >= 0.6 is 24.0 Å². The van der Waals surface area contributed by atoms with Crippen molar-refractivity contribution in [2.45, 2.75) is 19.5 Å². The first kappa shape index (κ1) is 22.0. The summed E-state index contributed by atoms with van der Waals surface area (Å²) >= 11 is 6.38. The highest BCUT2D eigenvalue weighted by atomic mass is 32.2. The van der Waals surface area contributed by atoms with Crippen LogP contribution in [0.1, 0.15) is 23.1 Å². The molecule has 1 fully saturated rings. The molecule has 0 bridgehead atoms. The third-order valence-electron chi connectivity index (χ3n) is 4.42. The lowest BCUT2D eigenvalue weighted by atomic mass is 10.1. The second-order valence-electron chi connectivity index (χ2n) is 6.53. The highest BCUT2D eigenvalue weighted by molar-refractivity contribution is 8.26. The van der Waals surface area contributed by atoms with Crippen LogP contribution in [-0.2, 0) is 15.8 Å². The van der Waals surface area contributed by atoms with Crippen LogP contribution in [0.3, 0.4) is 0 Å². The number of amides is 2. The van der Waals surface area contributed by atoms with Gasteiger partial charge in [-0.1, -0.05) is 60.4 Å². The summed E-state index contributed by atoms with van der Waals surface area (Å²) in [4.78, 5) is 26.6. The molecular weight excluding hydrogens is 433 g/mol. The fraction of sp³-hybridized carbons (Fsp3) is 0.190. The fourth-order valence-electron chi connectivity index (χ4n) is 2.85. The normalized spacial score (nSPS) is 15.7. The predicted molar refractivity (Wildman–Crippen MR) is 116 cm³/mol. The number of rotatable bonds is 5. The number of alkyl halides is 3. The van der Waals surface area contributed by atoms with Gasteiger partial charge >= 0.3 is 6.18 Å². The molecule has 2 aromatic rings. The fourth-order valence-corrected chi connectivity index (χ4v) is 4.15. The van der Waals surface area contributed by atoms with E-state index in [2.05, 4.69) is 5.32 Å². The molecule has 9 heteroatoms. The Labute approximate surface area is 181 Å². The van der Waals surface area contributed by atoms with Crippen LogP contribution in [0.25, 0.3) is 6.08 Å². The van der Waals surface area contributed by atoms with Crippen molar-refractivity contribution in [2.24, 2.45) is 0 Å². The first-order valence-corrected chi connectivity index (χ1v) is 10.2. The summed E-state index contributed by atoms with van der Waals surface area (Å²) in [6, 6.07) is 12.3. The zero-order chi connectivity index (χ0) is 21.9. The van der Waals surface area contributed by atoms with E-state index < -0.39 is 17.6 Å². The van der Waals surface area contributed by atoms with Crippen LogP contribution in [-0.4, -0.2) is 27.6 Å². The van der Waals surface area contributed by atoms with Gasteiger partial charge in [0.05, 0.1) is 16.2 Å². The van der Waals surface area contributed by atoms with E-state index in [1.807, 2.05) is 31.2 Å². The molecule has 30 heavy (non-hydrogen) atoms. The number of halogens is 3. The van der Waals surface area contributed by atoms with Gasteiger partial charge in [-0.2, -0.15) is 13.2 Å². The maximum absolute atomic E-state index is 13.1. The van der Waals surface area contributed by atoms with Crippen LogP contribution in [0.2, 0.25) is 0 Å². The Balaban J connectivity index is 1.65. The molecule has 0 radical (unpaired) electrons. The third kappa shape index (κ3) is 5.09. The van der Waals surface area contributed by atoms with Crippen LogP contribution < -0.4 is 5.32 Å². The van der Waals surface area contributed by atoms with E-state index in [9.17, 15) is 22.8 Å². The Bertz CT molecular complexity index is 1030. The molecule has 1 N–H and O–H groups in total. The van der Waals surface area contributed by atoms with Crippen molar-refractivity contribution in [1.82, 2.24) is 4.90 Å². The predicted octanol–water partition coefficient (Wildman–Crippen LogP) is 5.24. The first-order valence-electron chi connectivity index (χ1n) is 8.94. The average Bonchev–Trinajstić information content (AvgIpc) is 2.94. The molecule has 2 aromatic carbocycles. The van der Waals surface area contributed by atoms with Crippen molar-refractivity contribution in [2.75, 3.05) is 11.9 Å². The molecule has 0 spiro atoms. The largest absolute Gasteiger partial charge is 0.418 e. The number of carbonyl (C=O) groups is 2. The van der Waals surface area contributed by atoms with Gasteiger partial charge in [-0.3, -0.25) is 14.5 Å². The summed E-state index contributed by atoms with van der Waals surface area (Å²) < 4.78 is 39.5. The Morgan fingerprint density at radius 1 is 1.17 bits per heavy atom. The second kappa shape index (κ2) is 9.01. The van der Waals surface area contributed by atoms with Crippen molar-refractivity contribution in [3.8, 4) is 0 Å². The average molecular weight is 451 g/mol. The number of thioether (sulfide) groups is 1. The topological polar surface area (TPSA) is 49.4 Å². The van der Waals surface area contributed by atoms with E-state index in [1.54, 1.807) is 6.08 Å². The smallest absolute Gasteiger partial charge is 0.325 e. The molecule has 1 aliphatic heterocycles. The lowest BCUT2D eigenvalue weighted by Gasteiger charge is -2.16. The minimum absolute atomic E-state index is 0.0181. The van der Waals surface area contributed by atoms with Crippen LogP contribution in [0.4, 0.5) is 18.9 Å². The zero-order valence-electron chi connectivity index (χ0n) is 15.8. The van der Waals surface area contributed by atoms with Crippen molar-refractivity contribution in [3.63, 3.8) is 0 Å². The van der Waals surface area contributed by atoms with E-state index in [0.29, 0.717) is 9.23 Å². The van der Waals surface area contributed by atoms with Crippen molar-refractivity contribution >= 4 is 51.9 Å². The number of hydrogen-bond donors (Lipinski definition) is 1. The van der Waals surface area contributed by atoms with Gasteiger partial charge < -0.3 is 5.32 Å². The number of nitrogens with one attached hydrogen (secondary N) is 1. The van der Waals surface area contributed by atoms with Crippen LogP contribution in [0, 0.1) is 6.92 Å². The van der Waals surface area contributed by atoms with Gasteiger partial charge in [0.2, 0.25) is 5.91 Å². The maximum atomic E-state index is 13.1. The number of thiocarbonyl (C=S) groups is 1. The number of carbonyl (C=O) groups excluding carboxylic acids is 2. The van der Waals surface area contributed by atoms with Gasteiger partial charge in [-0.05, 0) is 36.3 Å². The highest BCUT2D eigenvalue weighted by Gasteiger charge is 2.34. The molecule has 0 aromatic heterocycles. The highest BCUT2D eigenvalue weighted by Crippen LogP contribution is 2.35. The summed E-state index contributed by atoms with van der Waals surface area (Å²) in [7, 11) is 0.